The first-order chi connectivity index (χ1) is 13.2. The Balaban J connectivity index is 2.01. The fraction of sp³-hybridized carbons (Fsp3) is 0.158. The number of hydrogen-bond donors (Lipinski definition) is 0. The van der Waals surface area contributed by atoms with E-state index in [1.54, 1.807) is 37.3 Å². The monoisotopic (exact) mass is 416 g/mol. The molecule has 4 aromatic rings. The van der Waals surface area contributed by atoms with Gasteiger partial charge in [0, 0.05) is 11.6 Å². The predicted octanol–water partition coefficient (Wildman–Crippen LogP) is 3.24. The second-order valence-electron chi connectivity index (χ2n) is 6.35. The molecule has 0 atom stereocenters. The Morgan fingerprint density at radius 3 is 2.39 bits per heavy atom. The minimum absolute atomic E-state index is 0.0263. The molecule has 0 aliphatic carbocycles. The first kappa shape index (κ1) is 18.6. The van der Waals surface area contributed by atoms with Crippen LogP contribution in [-0.4, -0.2) is 38.8 Å². The number of benzene rings is 2. The Kier molecular flexibility index (Phi) is 4.24. The van der Waals surface area contributed by atoms with Crippen LogP contribution in [0.3, 0.4) is 0 Å². The van der Waals surface area contributed by atoms with E-state index in [4.69, 9.17) is 4.42 Å². The van der Waals surface area contributed by atoms with E-state index in [2.05, 4.69) is 9.97 Å². The molecule has 4 rings (SSSR count). The molecule has 9 heteroatoms. The molecule has 0 radical (unpaired) electrons. The van der Waals surface area contributed by atoms with Gasteiger partial charge in [0.15, 0.2) is 25.3 Å². The van der Waals surface area contributed by atoms with E-state index < -0.39 is 19.7 Å². The highest BCUT2D eigenvalue weighted by atomic mass is 32.2. The van der Waals surface area contributed by atoms with Crippen LogP contribution in [0.4, 0.5) is 0 Å². The van der Waals surface area contributed by atoms with E-state index in [1.807, 2.05) is 0 Å². The van der Waals surface area contributed by atoms with Gasteiger partial charge in [-0.3, -0.25) is 0 Å². The molecule has 0 aliphatic heterocycles. The smallest absolute Gasteiger partial charge is 0.247 e. The third kappa shape index (κ3) is 3.16. The maximum absolute atomic E-state index is 12.7. The van der Waals surface area contributed by atoms with E-state index in [0.717, 1.165) is 6.26 Å². The molecule has 0 unspecified atom stereocenters. The lowest BCUT2D eigenvalue weighted by Crippen LogP contribution is -2.07. The molecule has 0 fully saturated rings. The van der Waals surface area contributed by atoms with E-state index in [0.29, 0.717) is 22.0 Å². The van der Waals surface area contributed by atoms with Gasteiger partial charge in [-0.05, 0) is 30.3 Å². The standard InChI is InChI=1S/C19H16N2O5S2/c1-3-28(24,25)17-10-12-6-4-5-7-14(12)20-18(17)19-21-15-11-13(27(2,22)23)8-9-16(15)26-19/h4-11H,3H2,1-2H3. The second kappa shape index (κ2) is 6.39. The van der Waals surface area contributed by atoms with Gasteiger partial charge >= 0.3 is 0 Å². The topological polar surface area (TPSA) is 107 Å². The number of para-hydroxylation sites is 1. The van der Waals surface area contributed by atoms with E-state index in [1.165, 1.54) is 18.2 Å². The molecule has 28 heavy (non-hydrogen) atoms. The van der Waals surface area contributed by atoms with Gasteiger partial charge in [-0.2, -0.15) is 0 Å². The summed E-state index contributed by atoms with van der Waals surface area (Å²) in [5.41, 5.74) is 1.37. The van der Waals surface area contributed by atoms with Crippen LogP contribution in [0.5, 0.6) is 0 Å². The third-order valence-corrected chi connectivity index (χ3v) is 7.25. The van der Waals surface area contributed by atoms with E-state index >= 15 is 0 Å². The highest BCUT2D eigenvalue weighted by molar-refractivity contribution is 7.91. The minimum atomic E-state index is -3.60. The zero-order valence-corrected chi connectivity index (χ0v) is 16.7. The molecule has 0 amide bonds. The lowest BCUT2D eigenvalue weighted by atomic mass is 10.2. The minimum Gasteiger partial charge on any atom is -0.435 e. The summed E-state index contributed by atoms with van der Waals surface area (Å²) >= 11 is 0. The molecule has 0 saturated carbocycles. The number of pyridine rings is 1. The van der Waals surface area contributed by atoms with Gasteiger partial charge in [0.1, 0.15) is 11.2 Å². The molecule has 0 spiro atoms. The van der Waals surface area contributed by atoms with Gasteiger partial charge < -0.3 is 4.42 Å². The highest BCUT2D eigenvalue weighted by Crippen LogP contribution is 2.32. The summed E-state index contributed by atoms with van der Waals surface area (Å²) in [5, 5.41) is 0.689. The van der Waals surface area contributed by atoms with Crippen LogP contribution in [0.15, 0.2) is 62.7 Å². The van der Waals surface area contributed by atoms with Crippen molar-refractivity contribution in [3.63, 3.8) is 0 Å². The van der Waals surface area contributed by atoms with Crippen molar-refractivity contribution in [3.05, 3.63) is 48.5 Å². The second-order valence-corrected chi connectivity index (χ2v) is 10.6. The molecule has 0 aliphatic rings. The van der Waals surface area contributed by atoms with Crippen LogP contribution in [0.25, 0.3) is 33.6 Å². The summed E-state index contributed by atoms with van der Waals surface area (Å²) in [7, 11) is -7.00. The Morgan fingerprint density at radius 1 is 0.929 bits per heavy atom. The van der Waals surface area contributed by atoms with Crippen molar-refractivity contribution in [2.24, 2.45) is 0 Å². The fourth-order valence-electron chi connectivity index (χ4n) is 2.88. The number of hydrogen-bond acceptors (Lipinski definition) is 7. The van der Waals surface area contributed by atoms with Crippen LogP contribution in [0.2, 0.25) is 0 Å². The van der Waals surface area contributed by atoms with Crippen LogP contribution in [-0.2, 0) is 19.7 Å². The molecule has 2 heterocycles. The molecular formula is C19H16N2O5S2. The first-order valence-corrected chi connectivity index (χ1v) is 12.0. The molecule has 0 N–H and O–H groups in total. The quantitative estimate of drug-likeness (QED) is 0.502. The van der Waals surface area contributed by atoms with Crippen LogP contribution in [0, 0.1) is 0 Å². The van der Waals surface area contributed by atoms with Gasteiger partial charge in [-0.1, -0.05) is 25.1 Å². The summed E-state index contributed by atoms with van der Waals surface area (Å²) in [6.07, 6.45) is 1.10. The fourth-order valence-corrected chi connectivity index (χ4v) is 4.57. The number of oxazole rings is 1. The maximum atomic E-state index is 12.7. The van der Waals surface area contributed by atoms with E-state index in [9.17, 15) is 16.8 Å². The van der Waals surface area contributed by atoms with Crippen LogP contribution >= 0.6 is 0 Å². The number of aromatic nitrogens is 2. The molecule has 144 valence electrons. The number of rotatable bonds is 4. The predicted molar refractivity (Wildman–Crippen MR) is 106 cm³/mol. The summed E-state index contributed by atoms with van der Waals surface area (Å²) in [5.74, 6) is -0.0724. The van der Waals surface area contributed by atoms with Crippen molar-refractivity contribution >= 4 is 41.7 Å². The normalized spacial score (nSPS) is 12.6. The zero-order chi connectivity index (χ0) is 20.1. The van der Waals surface area contributed by atoms with Crippen molar-refractivity contribution < 1.29 is 21.3 Å². The van der Waals surface area contributed by atoms with Gasteiger partial charge in [-0.15, -0.1) is 0 Å². The average Bonchev–Trinajstić information content (AvgIpc) is 3.09. The van der Waals surface area contributed by atoms with Crippen molar-refractivity contribution in [3.8, 4) is 11.6 Å². The summed E-state index contributed by atoms with van der Waals surface area (Å²) in [6.45, 7) is 1.55. The number of sulfone groups is 2. The number of nitrogens with zero attached hydrogens (tertiary/aromatic N) is 2. The summed E-state index contributed by atoms with van der Waals surface area (Å²) < 4.78 is 54.6. The summed E-state index contributed by atoms with van der Waals surface area (Å²) in [4.78, 5) is 8.92. The van der Waals surface area contributed by atoms with Crippen molar-refractivity contribution in [1.29, 1.82) is 0 Å². The third-order valence-electron chi connectivity index (χ3n) is 4.39. The van der Waals surface area contributed by atoms with Crippen molar-refractivity contribution in [1.82, 2.24) is 9.97 Å². The lowest BCUT2D eigenvalue weighted by Gasteiger charge is -2.08. The van der Waals surface area contributed by atoms with Gasteiger partial charge in [-0.25, -0.2) is 26.8 Å². The molecular weight excluding hydrogens is 400 g/mol. The van der Waals surface area contributed by atoms with Gasteiger partial charge in [0.05, 0.1) is 21.1 Å². The SMILES string of the molecule is CCS(=O)(=O)c1cc2ccccc2nc1-c1nc2cc(S(C)(=O)=O)ccc2o1. The molecule has 0 bridgehead atoms. The van der Waals surface area contributed by atoms with Gasteiger partial charge in [0.2, 0.25) is 5.89 Å². The Bertz CT molecular complexity index is 1440. The van der Waals surface area contributed by atoms with Crippen LogP contribution < -0.4 is 0 Å². The molecule has 2 aromatic heterocycles. The number of fused-ring (bicyclic) bond motifs is 2. The van der Waals surface area contributed by atoms with E-state index in [-0.39, 0.29) is 27.1 Å². The molecule has 7 nitrogen and oxygen atoms in total. The molecule has 0 saturated heterocycles. The maximum Gasteiger partial charge on any atom is 0.247 e. The average molecular weight is 416 g/mol. The van der Waals surface area contributed by atoms with Crippen molar-refractivity contribution in [2.75, 3.05) is 12.0 Å². The van der Waals surface area contributed by atoms with Crippen LogP contribution in [0.1, 0.15) is 6.92 Å². The Labute approximate surface area is 161 Å². The first-order valence-electron chi connectivity index (χ1n) is 8.42. The lowest BCUT2D eigenvalue weighted by molar-refractivity contribution is 0.592. The van der Waals surface area contributed by atoms with Gasteiger partial charge in [0.25, 0.3) is 0 Å². The molecule has 2 aromatic carbocycles. The zero-order valence-electron chi connectivity index (χ0n) is 15.1. The van der Waals surface area contributed by atoms with Crippen molar-refractivity contribution in [2.45, 2.75) is 16.7 Å². The Morgan fingerprint density at radius 2 is 1.68 bits per heavy atom. The highest BCUT2D eigenvalue weighted by Gasteiger charge is 2.24. The Hall–Kier alpha value is -2.78. The largest absolute Gasteiger partial charge is 0.435 e. The summed E-state index contributed by atoms with van der Waals surface area (Å²) in [6, 6.07) is 13.0.